The van der Waals surface area contributed by atoms with Crippen LogP contribution in [0.15, 0.2) is 30.3 Å². The van der Waals surface area contributed by atoms with Crippen molar-refractivity contribution in [3.8, 4) is 17.2 Å². The van der Waals surface area contributed by atoms with Crippen LogP contribution in [0, 0.1) is 17.7 Å². The molecule has 0 saturated carbocycles. The second-order valence-electron chi connectivity index (χ2n) is 10.2. The number of ketones is 2. The van der Waals surface area contributed by atoms with E-state index in [9.17, 15) is 19.2 Å². The Hall–Kier alpha value is -4.03. The first-order valence-corrected chi connectivity index (χ1v) is 15.1. The number of aliphatic carboxylic acids is 2. The fourth-order valence-electron chi connectivity index (χ4n) is 4.53. The molecular formula is C31H31FO9S2. The Balaban J connectivity index is 1.47. The van der Waals surface area contributed by atoms with Crippen molar-refractivity contribution in [1.82, 2.24) is 0 Å². The third-order valence-electron chi connectivity index (χ3n) is 7.03. The normalized spacial score (nSPS) is 12.7. The van der Waals surface area contributed by atoms with Gasteiger partial charge >= 0.3 is 11.9 Å². The van der Waals surface area contributed by atoms with Crippen molar-refractivity contribution >= 4 is 66.4 Å². The molecule has 4 aromatic rings. The lowest BCUT2D eigenvalue weighted by atomic mass is 10.0. The van der Waals surface area contributed by atoms with Gasteiger partial charge in [0, 0.05) is 33.7 Å². The van der Waals surface area contributed by atoms with E-state index < -0.39 is 29.6 Å². The molecule has 2 heterocycles. The van der Waals surface area contributed by atoms with Crippen molar-refractivity contribution < 1.29 is 48.0 Å². The Morgan fingerprint density at radius 2 is 1.37 bits per heavy atom. The van der Waals surface area contributed by atoms with E-state index in [4.69, 9.17) is 24.4 Å². The molecule has 2 aromatic heterocycles. The Morgan fingerprint density at radius 3 is 1.95 bits per heavy atom. The number of benzene rings is 2. The number of hydrogen-bond donors (Lipinski definition) is 2. The van der Waals surface area contributed by atoms with Gasteiger partial charge in [0.2, 0.25) is 0 Å². The van der Waals surface area contributed by atoms with Gasteiger partial charge in [-0.2, -0.15) is 0 Å². The number of rotatable bonds is 15. The van der Waals surface area contributed by atoms with E-state index in [1.54, 1.807) is 19.2 Å². The summed E-state index contributed by atoms with van der Waals surface area (Å²) in [6, 6.07) is 8.54. The summed E-state index contributed by atoms with van der Waals surface area (Å²) < 4.78 is 33.6. The van der Waals surface area contributed by atoms with E-state index >= 15 is 4.39 Å². The van der Waals surface area contributed by atoms with Crippen LogP contribution >= 0.6 is 22.7 Å². The molecule has 0 aliphatic rings. The van der Waals surface area contributed by atoms with Crippen LogP contribution in [0.4, 0.5) is 4.39 Å². The van der Waals surface area contributed by atoms with Crippen LogP contribution in [0.2, 0.25) is 0 Å². The average Bonchev–Trinajstić information content (AvgIpc) is 3.59. The van der Waals surface area contributed by atoms with Crippen molar-refractivity contribution in [2.45, 2.75) is 39.5 Å². The van der Waals surface area contributed by atoms with Gasteiger partial charge < -0.3 is 24.4 Å². The SMILES string of the molecule is COc1cc2sc(C(=O)C[C@H](C)C(=O)O)cc2cc1CCCOc1c(OC)cc2sc(C(=O)C[C@@H](C)C(=O)O)cc2c1F. The maximum atomic E-state index is 15.5. The summed E-state index contributed by atoms with van der Waals surface area (Å²) in [7, 11) is 2.94. The van der Waals surface area contributed by atoms with Crippen molar-refractivity contribution in [1.29, 1.82) is 0 Å². The molecule has 228 valence electrons. The van der Waals surface area contributed by atoms with E-state index in [0.29, 0.717) is 28.2 Å². The quantitative estimate of drug-likeness (QED) is 0.106. The number of methoxy groups -OCH3 is 2. The zero-order chi connectivity index (χ0) is 31.4. The maximum absolute atomic E-state index is 15.5. The average molecular weight is 631 g/mol. The van der Waals surface area contributed by atoms with E-state index in [1.807, 2.05) is 12.1 Å². The number of thiophene rings is 2. The molecule has 12 heteroatoms. The lowest BCUT2D eigenvalue weighted by molar-refractivity contribution is -0.141. The van der Waals surface area contributed by atoms with Gasteiger partial charge in [-0.1, -0.05) is 13.8 Å². The summed E-state index contributed by atoms with van der Waals surface area (Å²) in [5, 5.41) is 19.3. The van der Waals surface area contributed by atoms with Gasteiger partial charge in [-0.05, 0) is 48.1 Å². The highest BCUT2D eigenvalue weighted by Crippen LogP contribution is 2.41. The van der Waals surface area contributed by atoms with Gasteiger partial charge in [0.15, 0.2) is 28.9 Å². The smallest absolute Gasteiger partial charge is 0.306 e. The maximum Gasteiger partial charge on any atom is 0.306 e. The molecule has 0 aliphatic heterocycles. The van der Waals surface area contributed by atoms with Gasteiger partial charge in [-0.15, -0.1) is 22.7 Å². The first-order valence-electron chi connectivity index (χ1n) is 13.5. The van der Waals surface area contributed by atoms with E-state index in [1.165, 1.54) is 38.4 Å². The summed E-state index contributed by atoms with van der Waals surface area (Å²) in [6.07, 6.45) is 0.753. The molecule has 0 fully saturated rings. The molecule has 4 rings (SSSR count). The standard InChI is InChI=1S/C31H31FO9S2/c1-15(30(35)36)8-20(33)26-11-18-10-17(22(39-3)13-24(18)42-26)6-5-7-41-29-23(40-4)14-25-19(28(29)32)12-27(43-25)21(34)9-16(2)31(37)38/h10-16H,5-9H2,1-4H3,(H,35,36)(H,37,38)/t15-,16+/m0/s1. The van der Waals surface area contributed by atoms with Gasteiger partial charge in [0.1, 0.15) is 5.75 Å². The molecule has 2 atom stereocenters. The van der Waals surface area contributed by atoms with Crippen LogP contribution < -0.4 is 14.2 Å². The van der Waals surface area contributed by atoms with Crippen LogP contribution in [-0.4, -0.2) is 54.5 Å². The molecular weight excluding hydrogens is 599 g/mol. The number of Topliss-reactive ketones (excluding diaryl/α,β-unsaturated/α-hetero) is 2. The number of carboxylic acid groups (broad SMARTS) is 2. The second kappa shape index (κ2) is 13.5. The van der Waals surface area contributed by atoms with Crippen LogP contribution in [0.3, 0.4) is 0 Å². The highest BCUT2D eigenvalue weighted by atomic mass is 32.1. The fourth-order valence-corrected chi connectivity index (χ4v) is 6.59. The number of ether oxygens (including phenoxy) is 3. The van der Waals surface area contributed by atoms with Crippen molar-refractivity contribution in [3.63, 3.8) is 0 Å². The zero-order valence-electron chi connectivity index (χ0n) is 24.0. The summed E-state index contributed by atoms with van der Waals surface area (Å²) in [4.78, 5) is 48.2. The molecule has 43 heavy (non-hydrogen) atoms. The number of fused-ring (bicyclic) bond motifs is 2. The summed E-state index contributed by atoms with van der Waals surface area (Å²) in [5.41, 5.74) is 0.869. The van der Waals surface area contributed by atoms with Crippen LogP contribution in [0.25, 0.3) is 20.2 Å². The highest BCUT2D eigenvalue weighted by Gasteiger charge is 2.23. The van der Waals surface area contributed by atoms with Crippen LogP contribution in [0.1, 0.15) is 58.0 Å². The minimum Gasteiger partial charge on any atom is -0.496 e. The summed E-state index contributed by atoms with van der Waals surface area (Å²) in [6.45, 7) is 3.09. The predicted octanol–water partition coefficient (Wildman–Crippen LogP) is 6.87. The molecule has 2 N–H and O–H groups in total. The monoisotopic (exact) mass is 630 g/mol. The minimum atomic E-state index is -1.08. The molecule has 0 saturated heterocycles. The molecule has 0 radical (unpaired) electrons. The molecule has 9 nitrogen and oxygen atoms in total. The number of carboxylic acids is 2. The van der Waals surface area contributed by atoms with Crippen LogP contribution in [-0.2, 0) is 16.0 Å². The van der Waals surface area contributed by atoms with Crippen molar-refractivity contribution in [3.05, 3.63) is 51.5 Å². The van der Waals surface area contributed by atoms with E-state index in [-0.39, 0.29) is 52.8 Å². The highest BCUT2D eigenvalue weighted by molar-refractivity contribution is 7.21. The predicted molar refractivity (Wildman–Crippen MR) is 162 cm³/mol. The molecule has 0 bridgehead atoms. The Kier molecular flexibility index (Phi) is 10.0. The topological polar surface area (TPSA) is 136 Å². The number of halogens is 1. The largest absolute Gasteiger partial charge is 0.496 e. The second-order valence-corrected chi connectivity index (χ2v) is 12.4. The number of aryl methyl sites for hydroxylation is 1. The van der Waals surface area contributed by atoms with Gasteiger partial charge in [0.05, 0.1) is 42.4 Å². The first-order chi connectivity index (χ1) is 20.4. The van der Waals surface area contributed by atoms with Gasteiger partial charge in [-0.3, -0.25) is 19.2 Å². The van der Waals surface area contributed by atoms with Crippen molar-refractivity contribution in [2.75, 3.05) is 20.8 Å². The fraction of sp³-hybridized carbons (Fsp3) is 0.355. The van der Waals surface area contributed by atoms with Crippen LogP contribution in [0.5, 0.6) is 17.2 Å². The Labute approximate surface area is 254 Å². The van der Waals surface area contributed by atoms with E-state index in [0.717, 1.165) is 27.0 Å². The van der Waals surface area contributed by atoms with Gasteiger partial charge in [-0.25, -0.2) is 4.39 Å². The van der Waals surface area contributed by atoms with Crippen molar-refractivity contribution in [2.24, 2.45) is 11.8 Å². The molecule has 0 amide bonds. The first kappa shape index (κ1) is 31.9. The van der Waals surface area contributed by atoms with Gasteiger partial charge in [0.25, 0.3) is 0 Å². The molecule has 0 unspecified atom stereocenters. The lowest BCUT2D eigenvalue weighted by Gasteiger charge is -2.13. The number of carbonyl (C=O) groups excluding carboxylic acids is 2. The zero-order valence-corrected chi connectivity index (χ0v) is 25.7. The third-order valence-corrected chi connectivity index (χ3v) is 9.30. The Morgan fingerprint density at radius 1 is 0.814 bits per heavy atom. The van der Waals surface area contributed by atoms with E-state index in [2.05, 4.69) is 0 Å². The summed E-state index contributed by atoms with van der Waals surface area (Å²) in [5.74, 6) is -4.26. The molecule has 0 aliphatic carbocycles. The summed E-state index contributed by atoms with van der Waals surface area (Å²) >= 11 is 2.36. The molecule has 0 spiro atoms. The minimum absolute atomic E-state index is 0.0790. The Bertz CT molecular complexity index is 1700. The lowest BCUT2D eigenvalue weighted by Crippen LogP contribution is -2.13. The molecule has 2 aromatic carbocycles. The third kappa shape index (κ3) is 7.14. The number of carbonyl (C=O) groups is 4. The number of hydrogen-bond acceptors (Lipinski definition) is 9.